The summed E-state index contributed by atoms with van der Waals surface area (Å²) in [6.45, 7) is 5.35. The van der Waals surface area contributed by atoms with Crippen molar-refractivity contribution in [2.75, 3.05) is 18.4 Å². The van der Waals surface area contributed by atoms with Gasteiger partial charge in [0.25, 0.3) is 5.91 Å². The molecule has 0 fully saturated rings. The maximum absolute atomic E-state index is 13.2. The van der Waals surface area contributed by atoms with Gasteiger partial charge >= 0.3 is 0 Å². The molecule has 0 aliphatic carbocycles. The van der Waals surface area contributed by atoms with E-state index in [1.807, 2.05) is 6.92 Å². The molecule has 0 spiro atoms. The first-order chi connectivity index (χ1) is 10.2. The average Bonchev–Trinajstić information content (AvgIpc) is 2.48. The molecular weight excluding hydrogens is 269 g/mol. The van der Waals surface area contributed by atoms with Crippen molar-refractivity contribution >= 4 is 11.7 Å². The van der Waals surface area contributed by atoms with Gasteiger partial charge in [0.15, 0.2) is 0 Å². The summed E-state index contributed by atoms with van der Waals surface area (Å²) in [5.74, 6) is -0.341. The SMILES string of the molecule is CCCCCCCCNC(=O)c1cc(F)cnc1NCC. The number of rotatable bonds is 10. The Kier molecular flexibility index (Phi) is 8.40. The van der Waals surface area contributed by atoms with Crippen molar-refractivity contribution in [3.8, 4) is 0 Å². The number of nitrogens with zero attached hydrogens (tertiary/aromatic N) is 1. The van der Waals surface area contributed by atoms with E-state index >= 15 is 0 Å². The van der Waals surface area contributed by atoms with Crippen molar-refractivity contribution in [2.24, 2.45) is 0 Å². The Morgan fingerprint density at radius 3 is 2.62 bits per heavy atom. The third kappa shape index (κ3) is 6.56. The van der Waals surface area contributed by atoms with Gasteiger partial charge in [0.2, 0.25) is 0 Å². The van der Waals surface area contributed by atoms with Gasteiger partial charge in [0.05, 0.1) is 11.8 Å². The summed E-state index contributed by atoms with van der Waals surface area (Å²) in [5.41, 5.74) is 0.267. The number of anilines is 1. The summed E-state index contributed by atoms with van der Waals surface area (Å²) in [6, 6.07) is 1.22. The molecule has 1 rings (SSSR count). The molecule has 0 unspecified atom stereocenters. The van der Waals surface area contributed by atoms with Gasteiger partial charge in [-0.2, -0.15) is 0 Å². The smallest absolute Gasteiger partial charge is 0.255 e. The van der Waals surface area contributed by atoms with Crippen LogP contribution in [0.2, 0.25) is 0 Å². The highest BCUT2D eigenvalue weighted by molar-refractivity contribution is 5.98. The standard InChI is InChI=1S/C16H26FN3O/c1-3-5-6-7-8-9-10-19-16(21)14-11-13(17)12-20-15(14)18-4-2/h11-12H,3-10H2,1-2H3,(H,18,20)(H,19,21). The normalized spacial score (nSPS) is 10.4. The van der Waals surface area contributed by atoms with Gasteiger partial charge in [-0.05, 0) is 19.4 Å². The summed E-state index contributed by atoms with van der Waals surface area (Å²) < 4.78 is 13.2. The Balaban J connectivity index is 2.39. The van der Waals surface area contributed by atoms with Crippen LogP contribution >= 0.6 is 0 Å². The predicted molar refractivity (Wildman–Crippen MR) is 84.1 cm³/mol. The van der Waals surface area contributed by atoms with E-state index in [0.29, 0.717) is 18.9 Å². The van der Waals surface area contributed by atoms with Crippen molar-refractivity contribution in [3.63, 3.8) is 0 Å². The fourth-order valence-corrected chi connectivity index (χ4v) is 2.12. The minimum atomic E-state index is -0.499. The lowest BCUT2D eigenvalue weighted by Gasteiger charge is -2.10. The first-order valence-electron chi connectivity index (χ1n) is 7.86. The molecular formula is C16H26FN3O. The van der Waals surface area contributed by atoms with E-state index in [-0.39, 0.29) is 11.5 Å². The zero-order valence-corrected chi connectivity index (χ0v) is 13.0. The lowest BCUT2D eigenvalue weighted by Crippen LogP contribution is -2.26. The Morgan fingerprint density at radius 1 is 1.19 bits per heavy atom. The molecule has 1 aromatic rings. The fraction of sp³-hybridized carbons (Fsp3) is 0.625. The van der Waals surface area contributed by atoms with Gasteiger partial charge in [-0.15, -0.1) is 0 Å². The van der Waals surface area contributed by atoms with E-state index in [4.69, 9.17) is 0 Å². The largest absolute Gasteiger partial charge is 0.370 e. The van der Waals surface area contributed by atoms with Crippen LogP contribution < -0.4 is 10.6 Å². The third-order valence-corrected chi connectivity index (χ3v) is 3.26. The second kappa shape index (κ2) is 10.1. The van der Waals surface area contributed by atoms with Gasteiger partial charge in [-0.3, -0.25) is 4.79 Å². The Bertz CT molecular complexity index is 438. The molecule has 2 N–H and O–H groups in total. The van der Waals surface area contributed by atoms with E-state index in [1.54, 1.807) is 0 Å². The van der Waals surface area contributed by atoms with Crippen LogP contribution in [-0.4, -0.2) is 24.0 Å². The van der Waals surface area contributed by atoms with Crippen molar-refractivity contribution < 1.29 is 9.18 Å². The van der Waals surface area contributed by atoms with E-state index < -0.39 is 5.82 Å². The number of hydrogen-bond acceptors (Lipinski definition) is 3. The summed E-state index contributed by atoms with van der Waals surface area (Å²) in [5, 5.41) is 5.80. The molecule has 0 saturated heterocycles. The van der Waals surface area contributed by atoms with Gasteiger partial charge in [-0.1, -0.05) is 39.0 Å². The molecule has 0 aliphatic rings. The molecule has 118 valence electrons. The molecule has 0 saturated carbocycles. The van der Waals surface area contributed by atoms with Crippen LogP contribution in [0, 0.1) is 5.82 Å². The van der Waals surface area contributed by atoms with Crippen LogP contribution in [0.1, 0.15) is 62.7 Å². The number of carbonyl (C=O) groups excluding carboxylic acids is 1. The van der Waals surface area contributed by atoms with Crippen molar-refractivity contribution in [2.45, 2.75) is 52.4 Å². The molecule has 0 bridgehead atoms. The Labute approximate surface area is 126 Å². The number of pyridine rings is 1. The van der Waals surface area contributed by atoms with Crippen LogP contribution in [0.3, 0.4) is 0 Å². The maximum atomic E-state index is 13.2. The summed E-state index contributed by atoms with van der Waals surface area (Å²) >= 11 is 0. The highest BCUT2D eigenvalue weighted by Crippen LogP contribution is 2.13. The summed E-state index contributed by atoms with van der Waals surface area (Å²) in [6.07, 6.45) is 8.14. The fourth-order valence-electron chi connectivity index (χ4n) is 2.12. The van der Waals surface area contributed by atoms with Gasteiger partial charge in [0.1, 0.15) is 11.6 Å². The summed E-state index contributed by atoms with van der Waals surface area (Å²) in [4.78, 5) is 16.0. The Hall–Kier alpha value is -1.65. The third-order valence-electron chi connectivity index (χ3n) is 3.26. The molecule has 1 aromatic heterocycles. The van der Waals surface area contributed by atoms with Gasteiger partial charge < -0.3 is 10.6 Å². The first kappa shape index (κ1) is 17.4. The zero-order chi connectivity index (χ0) is 15.5. The topological polar surface area (TPSA) is 54.0 Å². The Morgan fingerprint density at radius 2 is 1.90 bits per heavy atom. The first-order valence-corrected chi connectivity index (χ1v) is 7.86. The zero-order valence-electron chi connectivity index (χ0n) is 13.0. The molecule has 21 heavy (non-hydrogen) atoms. The van der Waals surface area contributed by atoms with Crippen molar-refractivity contribution in [3.05, 3.63) is 23.6 Å². The predicted octanol–water partition coefficient (Wildman–Crippen LogP) is 3.74. The van der Waals surface area contributed by atoms with E-state index in [1.165, 1.54) is 31.7 Å². The quantitative estimate of drug-likeness (QED) is 0.646. The minimum Gasteiger partial charge on any atom is -0.370 e. The second-order valence-corrected chi connectivity index (χ2v) is 5.10. The monoisotopic (exact) mass is 295 g/mol. The van der Waals surface area contributed by atoms with Crippen LogP contribution in [0.4, 0.5) is 10.2 Å². The van der Waals surface area contributed by atoms with E-state index in [9.17, 15) is 9.18 Å². The number of halogens is 1. The second-order valence-electron chi connectivity index (χ2n) is 5.10. The number of nitrogens with one attached hydrogen (secondary N) is 2. The van der Waals surface area contributed by atoms with Crippen LogP contribution in [0.5, 0.6) is 0 Å². The van der Waals surface area contributed by atoms with Gasteiger partial charge in [0, 0.05) is 13.1 Å². The lowest BCUT2D eigenvalue weighted by molar-refractivity contribution is 0.0953. The van der Waals surface area contributed by atoms with Crippen LogP contribution in [-0.2, 0) is 0 Å². The van der Waals surface area contributed by atoms with Gasteiger partial charge in [-0.25, -0.2) is 9.37 Å². The molecule has 1 amide bonds. The lowest BCUT2D eigenvalue weighted by atomic mass is 10.1. The maximum Gasteiger partial charge on any atom is 0.255 e. The molecule has 5 heteroatoms. The molecule has 0 atom stereocenters. The average molecular weight is 295 g/mol. The van der Waals surface area contributed by atoms with Crippen LogP contribution in [0.15, 0.2) is 12.3 Å². The molecule has 1 heterocycles. The molecule has 4 nitrogen and oxygen atoms in total. The molecule has 0 radical (unpaired) electrons. The summed E-state index contributed by atoms with van der Waals surface area (Å²) in [7, 11) is 0. The molecule has 0 aliphatic heterocycles. The van der Waals surface area contributed by atoms with E-state index in [0.717, 1.165) is 19.0 Å². The highest BCUT2D eigenvalue weighted by atomic mass is 19.1. The number of carbonyl (C=O) groups is 1. The number of unbranched alkanes of at least 4 members (excludes halogenated alkanes) is 5. The van der Waals surface area contributed by atoms with Crippen molar-refractivity contribution in [1.82, 2.24) is 10.3 Å². The minimum absolute atomic E-state index is 0.267. The van der Waals surface area contributed by atoms with Crippen LogP contribution in [0.25, 0.3) is 0 Å². The number of hydrogen-bond donors (Lipinski definition) is 2. The molecule has 0 aromatic carbocycles. The number of aromatic nitrogens is 1. The van der Waals surface area contributed by atoms with E-state index in [2.05, 4.69) is 22.5 Å². The highest BCUT2D eigenvalue weighted by Gasteiger charge is 2.13. The number of amides is 1. The van der Waals surface area contributed by atoms with Crippen molar-refractivity contribution in [1.29, 1.82) is 0 Å².